The van der Waals surface area contributed by atoms with Gasteiger partial charge >= 0.3 is 5.97 Å². The fourth-order valence-corrected chi connectivity index (χ4v) is 2.39. The van der Waals surface area contributed by atoms with Crippen molar-refractivity contribution in [3.8, 4) is 0 Å². The van der Waals surface area contributed by atoms with Crippen molar-refractivity contribution in [1.29, 1.82) is 0 Å². The van der Waals surface area contributed by atoms with Crippen molar-refractivity contribution in [3.05, 3.63) is 11.1 Å². The molecule has 1 N–H and O–H groups in total. The standard InChI is InChI=1S/C11H17NO3S/c1-8(9(2)11(14)15)10(13)12-4-3-6-16-7-5-12/h3-7H2,1-2H3,(H,14,15). The Bertz CT molecular complexity index is 317. The molecule has 0 atom stereocenters. The Morgan fingerprint density at radius 1 is 1.12 bits per heavy atom. The number of aliphatic carboxylic acids is 1. The number of carboxylic acid groups (broad SMARTS) is 1. The second-order valence-electron chi connectivity index (χ2n) is 3.81. The molecule has 1 rings (SSSR count). The predicted molar refractivity (Wildman–Crippen MR) is 64.5 cm³/mol. The summed E-state index contributed by atoms with van der Waals surface area (Å²) >= 11 is 1.84. The van der Waals surface area contributed by atoms with Crippen molar-refractivity contribution in [3.63, 3.8) is 0 Å². The van der Waals surface area contributed by atoms with Gasteiger partial charge in [-0.3, -0.25) is 4.79 Å². The van der Waals surface area contributed by atoms with Crippen LogP contribution < -0.4 is 0 Å². The molecule has 0 spiro atoms. The van der Waals surface area contributed by atoms with Gasteiger partial charge in [0.1, 0.15) is 0 Å². The van der Waals surface area contributed by atoms with E-state index < -0.39 is 5.97 Å². The van der Waals surface area contributed by atoms with E-state index >= 15 is 0 Å². The molecule has 1 heterocycles. The Hall–Kier alpha value is -0.970. The molecule has 90 valence electrons. The van der Waals surface area contributed by atoms with Crippen LogP contribution in [0.1, 0.15) is 20.3 Å². The summed E-state index contributed by atoms with van der Waals surface area (Å²) in [6, 6.07) is 0. The number of carbonyl (C=O) groups excluding carboxylic acids is 1. The first kappa shape index (κ1) is 13.1. The number of thioether (sulfide) groups is 1. The van der Waals surface area contributed by atoms with E-state index in [1.807, 2.05) is 11.8 Å². The topological polar surface area (TPSA) is 57.6 Å². The van der Waals surface area contributed by atoms with Gasteiger partial charge in [-0.2, -0.15) is 11.8 Å². The third-order valence-corrected chi connectivity index (χ3v) is 3.76. The summed E-state index contributed by atoms with van der Waals surface area (Å²) < 4.78 is 0. The molecular formula is C11H17NO3S. The van der Waals surface area contributed by atoms with E-state index in [1.165, 1.54) is 6.92 Å². The van der Waals surface area contributed by atoms with Crippen LogP contribution in [-0.2, 0) is 9.59 Å². The van der Waals surface area contributed by atoms with Crippen LogP contribution in [0.4, 0.5) is 0 Å². The van der Waals surface area contributed by atoms with Crippen molar-refractivity contribution in [2.75, 3.05) is 24.6 Å². The molecule has 0 aromatic rings. The summed E-state index contributed by atoms with van der Waals surface area (Å²) in [7, 11) is 0. The third kappa shape index (κ3) is 3.27. The number of carboxylic acids is 1. The van der Waals surface area contributed by atoms with Crippen molar-refractivity contribution in [2.45, 2.75) is 20.3 Å². The van der Waals surface area contributed by atoms with Gasteiger partial charge in [0.2, 0.25) is 5.91 Å². The van der Waals surface area contributed by atoms with E-state index in [-0.39, 0.29) is 11.5 Å². The molecule has 0 aliphatic carbocycles. The minimum atomic E-state index is -1.02. The molecule has 5 heteroatoms. The van der Waals surface area contributed by atoms with E-state index in [1.54, 1.807) is 11.8 Å². The number of carbonyl (C=O) groups is 2. The maximum atomic E-state index is 12.0. The maximum Gasteiger partial charge on any atom is 0.331 e. The lowest BCUT2D eigenvalue weighted by Gasteiger charge is -2.20. The predicted octanol–water partition coefficient (Wildman–Crippen LogP) is 1.37. The summed E-state index contributed by atoms with van der Waals surface area (Å²) in [5, 5.41) is 8.82. The Morgan fingerprint density at radius 2 is 1.81 bits per heavy atom. The molecular weight excluding hydrogens is 226 g/mol. The van der Waals surface area contributed by atoms with Crippen LogP contribution in [0.5, 0.6) is 0 Å². The smallest absolute Gasteiger partial charge is 0.331 e. The highest BCUT2D eigenvalue weighted by molar-refractivity contribution is 7.99. The van der Waals surface area contributed by atoms with Gasteiger partial charge in [0.25, 0.3) is 0 Å². The first-order valence-electron chi connectivity index (χ1n) is 5.32. The lowest BCUT2D eigenvalue weighted by molar-refractivity contribution is -0.133. The van der Waals surface area contributed by atoms with Crippen molar-refractivity contribution in [1.82, 2.24) is 4.90 Å². The van der Waals surface area contributed by atoms with Crippen molar-refractivity contribution in [2.24, 2.45) is 0 Å². The summed E-state index contributed by atoms with van der Waals surface area (Å²) in [6.07, 6.45) is 0.982. The lowest BCUT2D eigenvalue weighted by atomic mass is 10.1. The van der Waals surface area contributed by atoms with Crippen LogP contribution in [-0.4, -0.2) is 46.5 Å². The Morgan fingerprint density at radius 3 is 2.44 bits per heavy atom. The molecule has 4 nitrogen and oxygen atoms in total. The largest absolute Gasteiger partial charge is 0.478 e. The number of hydrogen-bond donors (Lipinski definition) is 1. The number of rotatable bonds is 2. The van der Waals surface area contributed by atoms with Gasteiger partial charge in [-0.15, -0.1) is 0 Å². The van der Waals surface area contributed by atoms with Crippen LogP contribution in [0.25, 0.3) is 0 Å². The highest BCUT2D eigenvalue weighted by Crippen LogP contribution is 2.14. The maximum absolute atomic E-state index is 12.0. The normalized spacial score (nSPS) is 18.8. The van der Waals surface area contributed by atoms with Crippen molar-refractivity contribution < 1.29 is 14.7 Å². The summed E-state index contributed by atoms with van der Waals surface area (Å²) in [5.74, 6) is 0.854. The zero-order chi connectivity index (χ0) is 12.1. The fourth-order valence-electron chi connectivity index (χ4n) is 1.51. The van der Waals surface area contributed by atoms with Gasteiger partial charge in [0.05, 0.1) is 0 Å². The van der Waals surface area contributed by atoms with Crippen molar-refractivity contribution >= 4 is 23.6 Å². The van der Waals surface area contributed by atoms with Gasteiger partial charge in [-0.1, -0.05) is 0 Å². The monoisotopic (exact) mass is 243 g/mol. The second kappa shape index (κ2) is 5.94. The Kier molecular flexibility index (Phi) is 4.86. The highest BCUT2D eigenvalue weighted by Gasteiger charge is 2.20. The van der Waals surface area contributed by atoms with Gasteiger partial charge in [0.15, 0.2) is 0 Å². The molecule has 1 aliphatic rings. The molecule has 1 amide bonds. The minimum absolute atomic E-state index is 0.137. The van der Waals surface area contributed by atoms with E-state index in [0.717, 1.165) is 24.5 Å². The number of hydrogen-bond acceptors (Lipinski definition) is 3. The Balaban J connectivity index is 2.76. The van der Waals surface area contributed by atoms with E-state index in [0.29, 0.717) is 12.1 Å². The minimum Gasteiger partial charge on any atom is -0.478 e. The SMILES string of the molecule is CC(C(=O)O)=C(C)C(=O)N1CCCSCC1. The van der Waals surface area contributed by atoms with Gasteiger partial charge in [0, 0.05) is 30.0 Å². The summed E-state index contributed by atoms with van der Waals surface area (Å²) in [5.41, 5.74) is 0.487. The molecule has 0 aromatic heterocycles. The lowest BCUT2D eigenvalue weighted by Crippen LogP contribution is -2.34. The summed E-state index contributed by atoms with van der Waals surface area (Å²) in [4.78, 5) is 24.5. The average Bonchev–Trinajstić information content (AvgIpc) is 2.54. The molecule has 0 bridgehead atoms. The molecule has 1 saturated heterocycles. The van der Waals surface area contributed by atoms with Gasteiger partial charge < -0.3 is 10.0 Å². The van der Waals surface area contributed by atoms with E-state index in [9.17, 15) is 9.59 Å². The Labute approximate surface area is 99.7 Å². The molecule has 1 aliphatic heterocycles. The highest BCUT2D eigenvalue weighted by atomic mass is 32.2. The molecule has 0 radical (unpaired) electrons. The third-order valence-electron chi connectivity index (χ3n) is 2.71. The molecule has 1 fully saturated rings. The van der Waals surface area contributed by atoms with Crippen LogP contribution >= 0.6 is 11.8 Å². The first-order chi connectivity index (χ1) is 7.54. The van der Waals surface area contributed by atoms with E-state index in [4.69, 9.17) is 5.11 Å². The zero-order valence-corrected chi connectivity index (χ0v) is 10.5. The second-order valence-corrected chi connectivity index (χ2v) is 5.04. The molecule has 0 aromatic carbocycles. The first-order valence-corrected chi connectivity index (χ1v) is 6.47. The van der Waals surface area contributed by atoms with Crippen LogP contribution in [0.15, 0.2) is 11.1 Å². The zero-order valence-electron chi connectivity index (χ0n) is 9.65. The number of amides is 1. The van der Waals surface area contributed by atoms with Crippen LogP contribution in [0, 0.1) is 0 Å². The molecule has 0 unspecified atom stereocenters. The average molecular weight is 243 g/mol. The van der Waals surface area contributed by atoms with E-state index in [2.05, 4.69) is 0 Å². The molecule has 0 saturated carbocycles. The van der Waals surface area contributed by atoms with Gasteiger partial charge in [-0.05, 0) is 26.0 Å². The van der Waals surface area contributed by atoms with Crippen LogP contribution in [0.2, 0.25) is 0 Å². The molecule has 16 heavy (non-hydrogen) atoms. The number of nitrogens with zero attached hydrogens (tertiary/aromatic N) is 1. The van der Waals surface area contributed by atoms with Crippen LogP contribution in [0.3, 0.4) is 0 Å². The summed E-state index contributed by atoms with van der Waals surface area (Å²) in [6.45, 7) is 4.51. The quantitative estimate of drug-likeness (QED) is 0.744. The van der Waals surface area contributed by atoms with Gasteiger partial charge in [-0.25, -0.2) is 4.79 Å². The fraction of sp³-hybridized carbons (Fsp3) is 0.636.